The van der Waals surface area contributed by atoms with Crippen LogP contribution in [0.5, 0.6) is 11.5 Å². The van der Waals surface area contributed by atoms with Gasteiger partial charge in [0.05, 0.1) is 11.4 Å². The van der Waals surface area contributed by atoms with Gasteiger partial charge in [0.1, 0.15) is 19.3 Å². The van der Waals surface area contributed by atoms with E-state index in [1.807, 2.05) is 13.8 Å². The van der Waals surface area contributed by atoms with E-state index in [4.69, 9.17) is 20.9 Å². The van der Waals surface area contributed by atoms with Gasteiger partial charge in [-0.15, -0.1) is 0 Å². The van der Waals surface area contributed by atoms with Gasteiger partial charge in [-0.3, -0.25) is 4.79 Å². The zero-order valence-corrected chi connectivity index (χ0v) is 11.1. The highest BCUT2D eigenvalue weighted by Gasteiger charge is 2.22. The molecule has 0 saturated carbocycles. The second kappa shape index (κ2) is 5.26. The summed E-state index contributed by atoms with van der Waals surface area (Å²) in [6, 6.07) is 2.95. The standard InChI is InChI=1S/C13H19N3O3/c1-7(2)12(13(15)17)16-9-6-11-10(5-8(9)14)18-3-4-19-11/h5-7,12,16H,3-4,14H2,1-2H3,(H2,15,17). The Hall–Kier alpha value is -2.11. The van der Waals surface area contributed by atoms with Crippen LogP contribution in [0.2, 0.25) is 0 Å². The Kier molecular flexibility index (Phi) is 3.69. The first-order valence-electron chi connectivity index (χ1n) is 6.24. The first kappa shape index (κ1) is 13.3. The molecule has 0 fully saturated rings. The van der Waals surface area contributed by atoms with Crippen LogP contribution in [0.25, 0.3) is 0 Å². The van der Waals surface area contributed by atoms with E-state index < -0.39 is 11.9 Å². The number of ether oxygens (including phenoxy) is 2. The lowest BCUT2D eigenvalue weighted by Crippen LogP contribution is -2.39. The van der Waals surface area contributed by atoms with Crippen LogP contribution in [0.1, 0.15) is 13.8 Å². The third-order valence-electron chi connectivity index (χ3n) is 3.00. The van der Waals surface area contributed by atoms with Crippen molar-refractivity contribution in [3.8, 4) is 11.5 Å². The molecule has 6 heteroatoms. The van der Waals surface area contributed by atoms with Gasteiger partial charge in [0.15, 0.2) is 11.5 Å². The molecule has 1 aromatic carbocycles. The van der Waals surface area contributed by atoms with Crippen LogP contribution in [0.3, 0.4) is 0 Å². The maximum atomic E-state index is 11.4. The Morgan fingerprint density at radius 3 is 2.37 bits per heavy atom. The fraction of sp³-hybridized carbons (Fsp3) is 0.462. The van der Waals surface area contributed by atoms with Crippen LogP contribution in [-0.4, -0.2) is 25.2 Å². The molecule has 1 heterocycles. The van der Waals surface area contributed by atoms with Gasteiger partial charge in [-0.05, 0) is 5.92 Å². The maximum absolute atomic E-state index is 11.4. The summed E-state index contributed by atoms with van der Waals surface area (Å²) in [6.07, 6.45) is 0. The molecule has 1 aliphatic heterocycles. The molecular formula is C13H19N3O3. The van der Waals surface area contributed by atoms with Crippen molar-refractivity contribution in [1.82, 2.24) is 0 Å². The molecule has 1 aliphatic rings. The highest BCUT2D eigenvalue weighted by Crippen LogP contribution is 2.37. The molecule has 0 bridgehead atoms. The van der Waals surface area contributed by atoms with Gasteiger partial charge < -0.3 is 26.3 Å². The van der Waals surface area contributed by atoms with Gasteiger partial charge in [0.25, 0.3) is 0 Å². The van der Waals surface area contributed by atoms with Crippen molar-refractivity contribution in [3.05, 3.63) is 12.1 Å². The van der Waals surface area contributed by atoms with Crippen LogP contribution in [0, 0.1) is 5.92 Å². The number of fused-ring (bicyclic) bond motifs is 1. The van der Waals surface area contributed by atoms with Gasteiger partial charge in [-0.1, -0.05) is 13.8 Å². The Bertz CT molecular complexity index is 488. The minimum absolute atomic E-state index is 0.0603. The minimum Gasteiger partial charge on any atom is -0.486 e. The topological polar surface area (TPSA) is 99.6 Å². The molecular weight excluding hydrogens is 246 g/mol. The number of rotatable bonds is 4. The van der Waals surface area contributed by atoms with Crippen molar-refractivity contribution in [2.75, 3.05) is 24.3 Å². The third kappa shape index (κ3) is 2.83. The number of nitrogen functional groups attached to an aromatic ring is 1. The molecule has 1 atom stereocenters. The predicted molar refractivity (Wildman–Crippen MR) is 73.3 cm³/mol. The van der Waals surface area contributed by atoms with Gasteiger partial charge >= 0.3 is 0 Å². The molecule has 0 radical (unpaired) electrons. The van der Waals surface area contributed by atoms with Crippen LogP contribution in [0.15, 0.2) is 12.1 Å². The fourth-order valence-electron chi connectivity index (χ4n) is 1.96. The predicted octanol–water partition coefficient (Wildman–Crippen LogP) is 0.962. The molecule has 1 aromatic rings. The number of nitrogens with two attached hydrogens (primary N) is 2. The van der Waals surface area contributed by atoms with Gasteiger partial charge in [0.2, 0.25) is 5.91 Å². The van der Waals surface area contributed by atoms with Crippen LogP contribution < -0.4 is 26.3 Å². The fourth-order valence-corrected chi connectivity index (χ4v) is 1.96. The molecule has 0 saturated heterocycles. The first-order valence-corrected chi connectivity index (χ1v) is 6.24. The summed E-state index contributed by atoms with van der Waals surface area (Å²) >= 11 is 0. The van der Waals surface area contributed by atoms with Crippen LogP contribution in [-0.2, 0) is 4.79 Å². The van der Waals surface area contributed by atoms with Crippen molar-refractivity contribution in [1.29, 1.82) is 0 Å². The quantitative estimate of drug-likeness (QED) is 0.704. The minimum atomic E-state index is -0.482. The van der Waals surface area contributed by atoms with E-state index in [0.29, 0.717) is 36.1 Å². The number of carbonyl (C=O) groups is 1. The summed E-state index contributed by atoms with van der Waals surface area (Å²) in [5.41, 5.74) is 12.4. The van der Waals surface area contributed by atoms with E-state index in [0.717, 1.165) is 0 Å². The largest absolute Gasteiger partial charge is 0.486 e. The SMILES string of the molecule is CC(C)C(Nc1cc2c(cc1N)OCCO2)C(N)=O. The Balaban J connectivity index is 2.27. The van der Waals surface area contributed by atoms with Crippen LogP contribution >= 0.6 is 0 Å². The Labute approximate surface area is 112 Å². The lowest BCUT2D eigenvalue weighted by molar-refractivity contribution is -0.119. The normalized spacial score (nSPS) is 15.1. The first-order chi connectivity index (χ1) is 8.99. The zero-order valence-electron chi connectivity index (χ0n) is 11.1. The number of benzene rings is 1. The molecule has 2 rings (SSSR count). The number of anilines is 2. The molecule has 1 amide bonds. The van der Waals surface area contributed by atoms with E-state index in [2.05, 4.69) is 5.32 Å². The molecule has 5 N–H and O–H groups in total. The van der Waals surface area contributed by atoms with E-state index in [-0.39, 0.29) is 5.92 Å². The number of hydrogen-bond acceptors (Lipinski definition) is 5. The maximum Gasteiger partial charge on any atom is 0.240 e. The Morgan fingerprint density at radius 1 is 1.26 bits per heavy atom. The average Bonchev–Trinajstić information content (AvgIpc) is 2.35. The summed E-state index contributed by atoms with van der Waals surface area (Å²) in [5, 5.41) is 3.06. The number of carbonyl (C=O) groups excluding carboxylic acids is 1. The lowest BCUT2D eigenvalue weighted by Gasteiger charge is -2.24. The van der Waals surface area contributed by atoms with E-state index in [9.17, 15) is 4.79 Å². The van der Waals surface area contributed by atoms with Crippen molar-refractivity contribution in [2.24, 2.45) is 11.7 Å². The van der Waals surface area contributed by atoms with Crippen molar-refractivity contribution in [3.63, 3.8) is 0 Å². The average molecular weight is 265 g/mol. The summed E-state index contributed by atoms with van der Waals surface area (Å²) in [4.78, 5) is 11.4. The molecule has 0 aliphatic carbocycles. The number of primary amides is 1. The third-order valence-corrected chi connectivity index (χ3v) is 3.00. The van der Waals surface area contributed by atoms with Crippen molar-refractivity contribution in [2.45, 2.75) is 19.9 Å². The number of nitrogens with one attached hydrogen (secondary N) is 1. The van der Waals surface area contributed by atoms with Gasteiger partial charge in [-0.2, -0.15) is 0 Å². The lowest BCUT2D eigenvalue weighted by atomic mass is 10.0. The molecule has 0 aromatic heterocycles. The zero-order chi connectivity index (χ0) is 14.0. The monoisotopic (exact) mass is 265 g/mol. The van der Waals surface area contributed by atoms with Gasteiger partial charge in [-0.25, -0.2) is 0 Å². The summed E-state index contributed by atoms with van der Waals surface area (Å²) < 4.78 is 10.9. The van der Waals surface area contributed by atoms with Crippen LogP contribution in [0.4, 0.5) is 11.4 Å². The smallest absolute Gasteiger partial charge is 0.240 e. The Morgan fingerprint density at radius 2 is 1.84 bits per heavy atom. The number of hydrogen-bond donors (Lipinski definition) is 3. The number of amides is 1. The second-order valence-electron chi connectivity index (χ2n) is 4.85. The van der Waals surface area contributed by atoms with Crippen molar-refractivity contribution < 1.29 is 14.3 Å². The summed E-state index contributed by atoms with van der Waals surface area (Å²) in [6.45, 7) is 4.84. The van der Waals surface area contributed by atoms with Gasteiger partial charge in [0, 0.05) is 12.1 Å². The van der Waals surface area contributed by atoms with Crippen molar-refractivity contribution >= 4 is 17.3 Å². The highest BCUT2D eigenvalue weighted by atomic mass is 16.6. The highest BCUT2D eigenvalue weighted by molar-refractivity contribution is 5.85. The molecule has 104 valence electrons. The molecule has 1 unspecified atom stereocenters. The molecule has 6 nitrogen and oxygen atoms in total. The van der Waals surface area contributed by atoms with E-state index in [1.165, 1.54) is 0 Å². The van der Waals surface area contributed by atoms with E-state index in [1.54, 1.807) is 12.1 Å². The summed E-state index contributed by atoms with van der Waals surface area (Å²) in [5.74, 6) is 0.888. The van der Waals surface area contributed by atoms with E-state index >= 15 is 0 Å². The molecule has 19 heavy (non-hydrogen) atoms. The molecule has 0 spiro atoms. The summed E-state index contributed by atoms with van der Waals surface area (Å²) in [7, 11) is 0. The second-order valence-corrected chi connectivity index (χ2v) is 4.85.